The summed E-state index contributed by atoms with van der Waals surface area (Å²) in [6, 6.07) is 12.6. The lowest BCUT2D eigenvalue weighted by molar-refractivity contribution is 0.0883. The van der Waals surface area contributed by atoms with E-state index in [1.165, 1.54) is 41.8 Å². The first-order valence-electron chi connectivity index (χ1n) is 8.62. The van der Waals surface area contributed by atoms with Crippen molar-refractivity contribution in [2.75, 3.05) is 4.72 Å². The van der Waals surface area contributed by atoms with Gasteiger partial charge in [0.1, 0.15) is 5.92 Å². The summed E-state index contributed by atoms with van der Waals surface area (Å²) in [6.45, 7) is 1.63. The number of carbonyl (C=O) groups is 2. The number of aliphatic imine (C=N–C) groups is 1. The van der Waals surface area contributed by atoms with Crippen LogP contribution in [0, 0.1) is 5.92 Å². The number of nitrogens with zero attached hydrogens (tertiary/aromatic N) is 2. The molecule has 0 fully saturated rings. The number of ketones is 2. The van der Waals surface area contributed by atoms with Crippen molar-refractivity contribution in [3.63, 3.8) is 0 Å². The summed E-state index contributed by atoms with van der Waals surface area (Å²) in [5.74, 6) is -1.47. The Bertz CT molecular complexity index is 1200. The highest BCUT2D eigenvalue weighted by atomic mass is 32.2. The Morgan fingerprint density at radius 2 is 1.66 bits per heavy atom. The summed E-state index contributed by atoms with van der Waals surface area (Å²) in [5.41, 5.74) is 1.64. The average molecular weight is 425 g/mol. The van der Waals surface area contributed by atoms with Crippen molar-refractivity contribution in [2.45, 2.75) is 11.8 Å². The Labute approximate surface area is 171 Å². The standard InChI is InChI=1S/C20H15N3O4S2/c1-12(17-18(24)15-4-2-3-5-16(15)19(17)25)22-13-6-8-14(9-7-13)29(26,27)23-20-21-10-11-28-20/h2-11,17H,1H3,(H,21,23). The molecule has 1 aliphatic rings. The highest BCUT2D eigenvalue weighted by Gasteiger charge is 2.39. The predicted octanol–water partition coefficient (Wildman–Crippen LogP) is 3.73. The number of rotatable bonds is 5. The van der Waals surface area contributed by atoms with E-state index in [9.17, 15) is 18.0 Å². The number of anilines is 1. The third-order valence-corrected chi connectivity index (χ3v) is 6.68. The zero-order valence-electron chi connectivity index (χ0n) is 15.2. The molecule has 4 rings (SSSR count). The van der Waals surface area contributed by atoms with Gasteiger partial charge >= 0.3 is 0 Å². The van der Waals surface area contributed by atoms with Gasteiger partial charge in [0.15, 0.2) is 16.7 Å². The molecule has 0 saturated heterocycles. The van der Waals surface area contributed by atoms with Crippen LogP contribution in [-0.4, -0.2) is 30.7 Å². The first kappa shape index (κ1) is 19.2. The smallest absolute Gasteiger partial charge is 0.263 e. The van der Waals surface area contributed by atoms with E-state index in [-0.39, 0.29) is 21.6 Å². The second kappa shape index (κ2) is 7.34. The van der Waals surface area contributed by atoms with Gasteiger partial charge in [0.05, 0.1) is 10.6 Å². The van der Waals surface area contributed by atoms with Gasteiger partial charge in [0.25, 0.3) is 10.0 Å². The normalized spacial score (nSPS) is 14.9. The molecule has 1 heterocycles. The summed E-state index contributed by atoms with van der Waals surface area (Å²) < 4.78 is 27.2. The van der Waals surface area contributed by atoms with Crippen LogP contribution < -0.4 is 4.72 Å². The van der Waals surface area contributed by atoms with Gasteiger partial charge in [-0.3, -0.25) is 19.3 Å². The summed E-state index contributed by atoms with van der Waals surface area (Å²) >= 11 is 1.18. The lowest BCUT2D eigenvalue weighted by Crippen LogP contribution is -2.23. The van der Waals surface area contributed by atoms with Crippen LogP contribution in [0.5, 0.6) is 0 Å². The fourth-order valence-corrected chi connectivity index (χ4v) is 4.93. The molecule has 29 heavy (non-hydrogen) atoms. The number of Topliss-reactive ketones (excluding diaryl/α,β-unsaturated/α-hetero) is 2. The molecule has 0 atom stereocenters. The zero-order valence-corrected chi connectivity index (χ0v) is 16.8. The van der Waals surface area contributed by atoms with E-state index in [1.54, 1.807) is 36.6 Å². The monoisotopic (exact) mass is 425 g/mol. The molecule has 1 aromatic heterocycles. The van der Waals surface area contributed by atoms with Crippen LogP contribution >= 0.6 is 11.3 Å². The third kappa shape index (κ3) is 3.62. The Kier molecular flexibility index (Phi) is 4.85. The van der Waals surface area contributed by atoms with Crippen LogP contribution in [0.1, 0.15) is 27.6 Å². The number of hydrogen-bond acceptors (Lipinski definition) is 7. The average Bonchev–Trinajstić information content (AvgIpc) is 3.29. The molecule has 0 amide bonds. The summed E-state index contributed by atoms with van der Waals surface area (Å²) in [7, 11) is -3.76. The third-order valence-electron chi connectivity index (χ3n) is 4.51. The maximum atomic E-state index is 12.6. The maximum Gasteiger partial charge on any atom is 0.263 e. The van der Waals surface area contributed by atoms with Crippen LogP contribution in [0.15, 0.2) is 70.0 Å². The second-order valence-electron chi connectivity index (χ2n) is 6.40. The van der Waals surface area contributed by atoms with Crippen molar-refractivity contribution in [1.82, 2.24) is 4.98 Å². The van der Waals surface area contributed by atoms with E-state index in [2.05, 4.69) is 14.7 Å². The second-order valence-corrected chi connectivity index (χ2v) is 8.97. The van der Waals surface area contributed by atoms with Crippen molar-refractivity contribution in [2.24, 2.45) is 10.9 Å². The number of fused-ring (bicyclic) bond motifs is 1. The molecule has 0 bridgehead atoms. The minimum atomic E-state index is -3.76. The molecule has 0 radical (unpaired) electrons. The number of carbonyl (C=O) groups excluding carboxylic acids is 2. The molecular weight excluding hydrogens is 410 g/mol. The number of hydrogen-bond donors (Lipinski definition) is 1. The van der Waals surface area contributed by atoms with E-state index >= 15 is 0 Å². The van der Waals surface area contributed by atoms with Crippen molar-refractivity contribution in [3.05, 3.63) is 71.2 Å². The Morgan fingerprint density at radius 1 is 1.03 bits per heavy atom. The van der Waals surface area contributed by atoms with Crippen LogP contribution in [0.25, 0.3) is 0 Å². The van der Waals surface area contributed by atoms with Gasteiger partial charge in [-0.2, -0.15) is 0 Å². The molecule has 0 spiro atoms. The van der Waals surface area contributed by atoms with Crippen molar-refractivity contribution >= 4 is 49.5 Å². The van der Waals surface area contributed by atoms with E-state index < -0.39 is 15.9 Å². The molecule has 2 aromatic carbocycles. The van der Waals surface area contributed by atoms with Crippen LogP contribution in [0.3, 0.4) is 0 Å². The fourth-order valence-electron chi connectivity index (χ4n) is 3.14. The largest absolute Gasteiger partial charge is 0.293 e. The number of thiazole rings is 1. The van der Waals surface area contributed by atoms with Crippen molar-refractivity contribution in [3.8, 4) is 0 Å². The fraction of sp³-hybridized carbons (Fsp3) is 0.100. The van der Waals surface area contributed by atoms with Crippen molar-refractivity contribution < 1.29 is 18.0 Å². The van der Waals surface area contributed by atoms with Gasteiger partial charge in [-0.05, 0) is 31.2 Å². The molecular formula is C20H15N3O4S2. The van der Waals surface area contributed by atoms with Gasteiger partial charge in [-0.25, -0.2) is 13.4 Å². The molecule has 9 heteroatoms. The summed E-state index contributed by atoms with van der Waals surface area (Å²) in [5, 5.41) is 1.95. The topological polar surface area (TPSA) is 106 Å². The molecule has 0 saturated carbocycles. The van der Waals surface area contributed by atoms with Crippen LogP contribution in [0.2, 0.25) is 0 Å². The van der Waals surface area contributed by atoms with Crippen LogP contribution in [0.4, 0.5) is 10.8 Å². The Morgan fingerprint density at radius 3 is 2.21 bits per heavy atom. The van der Waals surface area contributed by atoms with Gasteiger partial charge in [0, 0.05) is 28.4 Å². The lowest BCUT2D eigenvalue weighted by atomic mass is 9.99. The number of nitrogens with one attached hydrogen (secondary N) is 1. The molecule has 146 valence electrons. The minimum Gasteiger partial charge on any atom is -0.293 e. The number of sulfonamides is 1. The molecule has 0 aliphatic heterocycles. The first-order chi connectivity index (χ1) is 13.9. The van der Waals surface area contributed by atoms with Gasteiger partial charge in [-0.1, -0.05) is 24.3 Å². The van der Waals surface area contributed by atoms with Gasteiger partial charge < -0.3 is 0 Å². The van der Waals surface area contributed by atoms with Crippen molar-refractivity contribution in [1.29, 1.82) is 0 Å². The predicted molar refractivity (Wildman–Crippen MR) is 111 cm³/mol. The Balaban J connectivity index is 1.56. The number of aromatic nitrogens is 1. The molecule has 0 unspecified atom stereocenters. The maximum absolute atomic E-state index is 12.6. The lowest BCUT2D eigenvalue weighted by Gasteiger charge is -2.08. The summed E-state index contributed by atoms with van der Waals surface area (Å²) in [6.07, 6.45) is 1.51. The summed E-state index contributed by atoms with van der Waals surface area (Å²) in [4.78, 5) is 33.5. The van der Waals surface area contributed by atoms with Gasteiger partial charge in [0.2, 0.25) is 0 Å². The van der Waals surface area contributed by atoms with Crippen LogP contribution in [-0.2, 0) is 10.0 Å². The van der Waals surface area contributed by atoms with E-state index in [1.807, 2.05) is 0 Å². The minimum absolute atomic E-state index is 0.0599. The van der Waals surface area contributed by atoms with Gasteiger partial charge in [-0.15, -0.1) is 11.3 Å². The quantitative estimate of drug-likeness (QED) is 0.495. The molecule has 1 N–H and O–H groups in total. The number of benzene rings is 2. The van der Waals surface area contributed by atoms with E-state index in [4.69, 9.17) is 0 Å². The zero-order chi connectivity index (χ0) is 20.6. The SMILES string of the molecule is CC(=Nc1ccc(S(=O)(=O)Nc2nccs2)cc1)C1C(=O)c2ccccc2C1=O. The van der Waals surface area contributed by atoms with E-state index in [0.717, 1.165) is 0 Å². The first-order valence-corrected chi connectivity index (χ1v) is 11.0. The highest BCUT2D eigenvalue weighted by Crippen LogP contribution is 2.29. The molecule has 1 aliphatic carbocycles. The molecule has 7 nitrogen and oxygen atoms in total. The molecule has 3 aromatic rings. The van der Waals surface area contributed by atoms with E-state index in [0.29, 0.717) is 22.5 Å². The highest BCUT2D eigenvalue weighted by molar-refractivity contribution is 7.93. The Hall–Kier alpha value is -3.17.